The maximum atomic E-state index is 10.1. The van der Waals surface area contributed by atoms with Gasteiger partial charge in [-0.05, 0) is 153 Å². The lowest BCUT2D eigenvalue weighted by molar-refractivity contribution is 0.616. The number of para-hydroxylation sites is 2. The van der Waals surface area contributed by atoms with Crippen molar-refractivity contribution in [1.82, 2.24) is 9.97 Å². The Kier molecular flexibility index (Phi) is 11.4. The van der Waals surface area contributed by atoms with Gasteiger partial charge < -0.3 is 18.6 Å². The van der Waals surface area contributed by atoms with Gasteiger partial charge in [0.25, 0.3) is 0 Å². The summed E-state index contributed by atoms with van der Waals surface area (Å²) in [6.45, 7) is 7.94. The van der Waals surface area contributed by atoms with E-state index in [1.807, 2.05) is 97.1 Å². The highest BCUT2D eigenvalue weighted by molar-refractivity contribution is 6.16. The topological polar surface area (TPSA) is 86.7 Å². The van der Waals surface area contributed by atoms with E-state index in [-0.39, 0.29) is 0 Å². The Bertz CT molecular complexity index is 4700. The summed E-state index contributed by atoms with van der Waals surface area (Å²) < 4.78 is 15.2. The van der Waals surface area contributed by atoms with E-state index in [0.29, 0.717) is 45.2 Å². The molecule has 2 aliphatic rings. The summed E-state index contributed by atoms with van der Waals surface area (Å²) in [4.78, 5) is 19.6. The largest absolute Gasteiger partial charge is 0.435 e. The highest BCUT2D eigenvalue weighted by Gasteiger charge is 2.55. The minimum atomic E-state index is -0.993. The molecule has 0 atom stereocenters. The van der Waals surface area contributed by atoms with E-state index in [1.165, 1.54) is 0 Å². The highest BCUT2D eigenvalue weighted by atomic mass is 16.4. The minimum absolute atomic E-state index is 0.451. The molecule has 0 N–H and O–H groups in total. The van der Waals surface area contributed by atoms with Crippen molar-refractivity contribution in [3.05, 3.63) is 318 Å². The molecule has 0 fully saturated rings. The minimum Gasteiger partial charge on any atom is -0.435 e. The summed E-state index contributed by atoms with van der Waals surface area (Å²) in [6.07, 6.45) is 0. The first-order chi connectivity index (χ1) is 42.0. The van der Waals surface area contributed by atoms with Crippen LogP contribution in [0, 0.1) is 17.9 Å². The molecule has 396 valence electrons. The maximum absolute atomic E-state index is 10.1. The van der Waals surface area contributed by atoms with Crippen LogP contribution in [0.4, 0.5) is 39.8 Å². The standard InChI is InChI=1S/C77H46N6O2/c1-79-56-38-42-60(43-39-56)83(58-30-12-5-13-31-58)68-47-66-70(74-72(68)81-76(85-74)55-27-19-25-53(45-55)51-22-8-3-9-23-51)69-65(77(66)63-34-16-14-32-61(63)62-33-15-17-35-64(62)77)46-67(82(57-28-10-4-11-29-57)59-40-36-49(48-78)37-41-59)71-73(69)84-75(80-71)54-26-18-24-52(44-54)50-20-6-2-7-21-50/h2-47H. The number of anilines is 6. The smallest absolute Gasteiger partial charge is 0.227 e. The van der Waals surface area contributed by atoms with Gasteiger partial charge in [0.05, 0.1) is 35.0 Å². The van der Waals surface area contributed by atoms with Crippen molar-refractivity contribution in [3.63, 3.8) is 0 Å². The van der Waals surface area contributed by atoms with Crippen LogP contribution in [0.5, 0.6) is 0 Å². The van der Waals surface area contributed by atoms with Crippen LogP contribution in [0.15, 0.2) is 288 Å². The fraction of sp³-hybridized carbons (Fsp3) is 0.0130. The van der Waals surface area contributed by atoms with Crippen LogP contribution in [0.1, 0.15) is 27.8 Å². The Morgan fingerprint density at radius 2 is 0.753 bits per heavy atom. The Balaban J connectivity index is 1.08. The normalized spacial score (nSPS) is 12.3. The van der Waals surface area contributed by atoms with Gasteiger partial charge in [0.2, 0.25) is 11.8 Å². The molecule has 0 bridgehead atoms. The average molecular weight is 1090 g/mol. The predicted octanol–water partition coefficient (Wildman–Crippen LogP) is 20.3. The summed E-state index contributed by atoms with van der Waals surface area (Å²) >= 11 is 0. The number of benzene rings is 12. The Labute approximate surface area is 490 Å². The van der Waals surface area contributed by atoms with E-state index in [1.54, 1.807) is 0 Å². The van der Waals surface area contributed by atoms with Crippen LogP contribution in [0.2, 0.25) is 0 Å². The lowest BCUT2D eigenvalue weighted by Gasteiger charge is -2.33. The van der Waals surface area contributed by atoms with Crippen molar-refractivity contribution < 1.29 is 8.83 Å². The number of oxazole rings is 2. The van der Waals surface area contributed by atoms with Crippen molar-refractivity contribution in [3.8, 4) is 73.5 Å². The first-order valence-electron chi connectivity index (χ1n) is 28.2. The van der Waals surface area contributed by atoms with E-state index in [0.717, 1.165) is 112 Å². The van der Waals surface area contributed by atoms with Crippen LogP contribution >= 0.6 is 0 Å². The van der Waals surface area contributed by atoms with Gasteiger partial charge in [-0.1, -0.05) is 182 Å². The molecular weight excluding hydrogens is 1040 g/mol. The van der Waals surface area contributed by atoms with E-state index in [4.69, 9.17) is 25.4 Å². The summed E-state index contributed by atoms with van der Waals surface area (Å²) in [7, 11) is 0. The second-order valence-electron chi connectivity index (χ2n) is 21.4. The van der Waals surface area contributed by atoms with Crippen LogP contribution in [-0.2, 0) is 5.41 Å². The molecule has 8 nitrogen and oxygen atoms in total. The maximum Gasteiger partial charge on any atom is 0.227 e. The van der Waals surface area contributed by atoms with Crippen LogP contribution in [-0.4, -0.2) is 9.97 Å². The first-order valence-corrected chi connectivity index (χ1v) is 28.2. The van der Waals surface area contributed by atoms with Crippen LogP contribution in [0.25, 0.3) is 94.5 Å². The third kappa shape index (κ3) is 7.74. The molecule has 0 amide bonds. The van der Waals surface area contributed by atoms with Crippen LogP contribution < -0.4 is 9.80 Å². The van der Waals surface area contributed by atoms with E-state index < -0.39 is 5.41 Å². The number of fused-ring (bicyclic) bond motifs is 14. The number of hydrogen-bond donors (Lipinski definition) is 0. The zero-order valence-corrected chi connectivity index (χ0v) is 45.6. The molecule has 16 rings (SSSR count). The molecule has 8 heteroatoms. The number of nitriles is 1. The fourth-order valence-electron chi connectivity index (χ4n) is 13.1. The third-order valence-electron chi connectivity index (χ3n) is 16.7. The Morgan fingerprint density at radius 3 is 1.19 bits per heavy atom. The lowest BCUT2D eigenvalue weighted by Crippen LogP contribution is -2.26. The quantitative estimate of drug-likeness (QED) is 0.126. The van der Waals surface area contributed by atoms with Gasteiger partial charge in [0, 0.05) is 45.0 Å². The van der Waals surface area contributed by atoms with E-state index >= 15 is 0 Å². The van der Waals surface area contributed by atoms with E-state index in [2.05, 4.69) is 203 Å². The second kappa shape index (κ2) is 19.7. The van der Waals surface area contributed by atoms with Gasteiger partial charge in [-0.3, -0.25) is 0 Å². The molecule has 0 saturated heterocycles. The van der Waals surface area contributed by atoms with Crippen molar-refractivity contribution >= 4 is 62.0 Å². The summed E-state index contributed by atoms with van der Waals surface area (Å²) in [5.74, 6) is 0.903. The number of rotatable bonds is 10. The van der Waals surface area contributed by atoms with Gasteiger partial charge >= 0.3 is 0 Å². The molecule has 0 radical (unpaired) electrons. The summed E-state index contributed by atoms with van der Waals surface area (Å²) in [6, 6.07) is 98.2. The molecule has 1 spiro atoms. The number of hydrogen-bond acceptors (Lipinski definition) is 7. The molecule has 2 heterocycles. The molecule has 14 aromatic rings. The molecule has 0 saturated carbocycles. The molecule has 0 aliphatic heterocycles. The highest BCUT2D eigenvalue weighted by Crippen LogP contribution is 2.67. The second-order valence-corrected chi connectivity index (χ2v) is 21.4. The van der Waals surface area contributed by atoms with Crippen LogP contribution in [0.3, 0.4) is 0 Å². The summed E-state index contributed by atoms with van der Waals surface area (Å²) in [5, 5.41) is 10.1. The average Bonchev–Trinajstić information content (AvgIpc) is 1.51. The fourth-order valence-corrected chi connectivity index (χ4v) is 13.1. The zero-order valence-electron chi connectivity index (χ0n) is 45.6. The van der Waals surface area contributed by atoms with Crippen molar-refractivity contribution in [1.29, 1.82) is 5.26 Å². The predicted molar refractivity (Wildman–Crippen MR) is 340 cm³/mol. The molecule has 2 aliphatic carbocycles. The monoisotopic (exact) mass is 1090 g/mol. The van der Waals surface area contributed by atoms with Crippen molar-refractivity contribution in [2.45, 2.75) is 5.41 Å². The number of nitrogens with zero attached hydrogens (tertiary/aromatic N) is 6. The Morgan fingerprint density at radius 1 is 0.376 bits per heavy atom. The van der Waals surface area contributed by atoms with E-state index in [9.17, 15) is 5.26 Å². The van der Waals surface area contributed by atoms with Gasteiger partial charge in [0.15, 0.2) is 16.9 Å². The molecule has 85 heavy (non-hydrogen) atoms. The molecular formula is C77H46N6O2. The van der Waals surface area contributed by atoms with Gasteiger partial charge in [-0.2, -0.15) is 5.26 Å². The SMILES string of the molecule is [C-]#[N+]c1ccc(N(c2ccccc2)c2cc3c(c4oc(-c5cccc(-c6ccccc6)c5)nc24)-c2c(cc(N(c4ccccc4)c4ccc(C#N)cc4)c4nc(-c5cccc(-c6ccccc6)c5)oc24)C32c3ccccc3-c3ccccc32)cc1. The number of aromatic nitrogens is 2. The van der Waals surface area contributed by atoms with Crippen molar-refractivity contribution in [2.75, 3.05) is 9.80 Å². The zero-order chi connectivity index (χ0) is 56.6. The molecule has 0 unspecified atom stereocenters. The van der Waals surface area contributed by atoms with Crippen molar-refractivity contribution in [2.24, 2.45) is 0 Å². The summed E-state index contributed by atoms with van der Waals surface area (Å²) in [5.41, 5.74) is 21.5. The lowest BCUT2D eigenvalue weighted by atomic mass is 9.70. The van der Waals surface area contributed by atoms with Gasteiger partial charge in [0.1, 0.15) is 11.0 Å². The molecule has 2 aromatic heterocycles. The molecule has 12 aromatic carbocycles. The van der Waals surface area contributed by atoms with Gasteiger partial charge in [-0.25, -0.2) is 14.8 Å². The van der Waals surface area contributed by atoms with Gasteiger partial charge in [-0.15, -0.1) is 0 Å². The third-order valence-corrected chi connectivity index (χ3v) is 16.7. The first kappa shape index (κ1) is 49.0. The Hall–Kier alpha value is -11.8.